The monoisotopic (exact) mass is 243 g/mol. The van der Waals surface area contributed by atoms with Crippen molar-refractivity contribution < 1.29 is 0 Å². The summed E-state index contributed by atoms with van der Waals surface area (Å²) in [6, 6.07) is 12.6. The Bertz CT molecular complexity index is 487. The molecule has 0 saturated carbocycles. The SMILES string of the molecule is CC(C)(C)c1ccc(N=Cc2cccs2)cc1. The number of thiophene rings is 1. The third-order valence-electron chi connectivity index (χ3n) is 2.62. The van der Waals surface area contributed by atoms with Crippen LogP contribution in [0.15, 0.2) is 46.8 Å². The van der Waals surface area contributed by atoms with E-state index in [1.165, 1.54) is 10.4 Å². The Morgan fingerprint density at radius 2 is 1.76 bits per heavy atom. The van der Waals surface area contributed by atoms with Gasteiger partial charge >= 0.3 is 0 Å². The van der Waals surface area contributed by atoms with Crippen LogP contribution >= 0.6 is 11.3 Å². The Hall–Kier alpha value is -1.41. The lowest BCUT2D eigenvalue weighted by atomic mass is 9.87. The Morgan fingerprint density at radius 3 is 2.29 bits per heavy atom. The summed E-state index contributed by atoms with van der Waals surface area (Å²) in [6.45, 7) is 6.66. The summed E-state index contributed by atoms with van der Waals surface area (Å²) >= 11 is 1.70. The first kappa shape index (κ1) is 12.1. The Morgan fingerprint density at radius 1 is 1.06 bits per heavy atom. The summed E-state index contributed by atoms with van der Waals surface area (Å²) in [5, 5.41) is 2.06. The van der Waals surface area contributed by atoms with Gasteiger partial charge in [0.05, 0.1) is 5.69 Å². The first-order valence-electron chi connectivity index (χ1n) is 5.74. The number of rotatable bonds is 2. The van der Waals surface area contributed by atoms with Crippen molar-refractivity contribution in [3.05, 3.63) is 52.2 Å². The predicted octanol–water partition coefficient (Wildman–Crippen LogP) is 4.80. The van der Waals surface area contributed by atoms with Crippen molar-refractivity contribution in [1.82, 2.24) is 0 Å². The summed E-state index contributed by atoms with van der Waals surface area (Å²) in [5.41, 5.74) is 2.55. The molecule has 88 valence electrons. The van der Waals surface area contributed by atoms with Crippen LogP contribution in [0.3, 0.4) is 0 Å². The van der Waals surface area contributed by atoms with Gasteiger partial charge in [-0.05, 0) is 34.6 Å². The van der Waals surface area contributed by atoms with Crippen molar-refractivity contribution in [2.75, 3.05) is 0 Å². The maximum Gasteiger partial charge on any atom is 0.0630 e. The summed E-state index contributed by atoms with van der Waals surface area (Å²) in [7, 11) is 0. The highest BCUT2D eigenvalue weighted by Crippen LogP contribution is 2.24. The zero-order valence-electron chi connectivity index (χ0n) is 10.5. The summed E-state index contributed by atoms with van der Waals surface area (Å²) in [4.78, 5) is 5.64. The highest BCUT2D eigenvalue weighted by Gasteiger charge is 2.12. The highest BCUT2D eigenvalue weighted by atomic mass is 32.1. The molecule has 1 heterocycles. The molecule has 0 unspecified atom stereocenters. The Kier molecular flexibility index (Phi) is 3.43. The maximum atomic E-state index is 4.46. The number of nitrogens with zero attached hydrogens (tertiary/aromatic N) is 1. The van der Waals surface area contributed by atoms with Gasteiger partial charge in [0.15, 0.2) is 0 Å². The van der Waals surface area contributed by atoms with Crippen LogP contribution in [0.4, 0.5) is 5.69 Å². The molecule has 0 saturated heterocycles. The molecule has 0 fully saturated rings. The van der Waals surface area contributed by atoms with Gasteiger partial charge in [-0.15, -0.1) is 11.3 Å². The molecule has 0 bridgehead atoms. The van der Waals surface area contributed by atoms with Gasteiger partial charge in [-0.3, -0.25) is 4.99 Å². The van der Waals surface area contributed by atoms with E-state index < -0.39 is 0 Å². The van der Waals surface area contributed by atoms with E-state index in [1.807, 2.05) is 12.3 Å². The predicted molar refractivity (Wildman–Crippen MR) is 76.7 cm³/mol. The van der Waals surface area contributed by atoms with E-state index in [0.29, 0.717) is 0 Å². The van der Waals surface area contributed by atoms with Gasteiger partial charge in [-0.25, -0.2) is 0 Å². The zero-order chi connectivity index (χ0) is 12.3. The second kappa shape index (κ2) is 4.84. The molecule has 2 rings (SSSR count). The molecule has 0 aliphatic carbocycles. The fourth-order valence-corrected chi connectivity index (χ4v) is 2.14. The number of aliphatic imine (C=N–C) groups is 1. The molecule has 0 atom stereocenters. The van der Waals surface area contributed by atoms with E-state index >= 15 is 0 Å². The van der Waals surface area contributed by atoms with E-state index in [4.69, 9.17) is 0 Å². The lowest BCUT2D eigenvalue weighted by Crippen LogP contribution is -2.10. The van der Waals surface area contributed by atoms with Crippen LogP contribution in [-0.4, -0.2) is 6.21 Å². The van der Waals surface area contributed by atoms with Crippen LogP contribution in [0.25, 0.3) is 0 Å². The first-order chi connectivity index (χ1) is 8.05. The van der Waals surface area contributed by atoms with Crippen molar-refractivity contribution in [3.63, 3.8) is 0 Å². The molecular formula is C15H17NS. The number of hydrogen-bond donors (Lipinski definition) is 0. The second-order valence-corrected chi connectivity index (χ2v) is 6.05. The summed E-state index contributed by atoms with van der Waals surface area (Å²) in [5.74, 6) is 0. The van der Waals surface area contributed by atoms with Crippen molar-refractivity contribution in [2.45, 2.75) is 26.2 Å². The van der Waals surface area contributed by atoms with Crippen LogP contribution in [0.5, 0.6) is 0 Å². The first-order valence-corrected chi connectivity index (χ1v) is 6.62. The number of hydrogen-bond acceptors (Lipinski definition) is 2. The van der Waals surface area contributed by atoms with Crippen LogP contribution in [0.1, 0.15) is 31.2 Å². The minimum atomic E-state index is 0.204. The molecule has 2 heteroatoms. The average molecular weight is 243 g/mol. The molecular weight excluding hydrogens is 226 g/mol. The molecule has 0 spiro atoms. The lowest BCUT2D eigenvalue weighted by molar-refractivity contribution is 0.590. The molecule has 1 nitrogen and oxygen atoms in total. The van der Waals surface area contributed by atoms with Gasteiger partial charge in [0.1, 0.15) is 0 Å². The van der Waals surface area contributed by atoms with Crippen LogP contribution in [0, 0.1) is 0 Å². The molecule has 0 aliphatic rings. The standard InChI is InChI=1S/C15H17NS/c1-15(2,3)12-6-8-13(9-7-12)16-11-14-5-4-10-17-14/h4-11H,1-3H3. The van der Waals surface area contributed by atoms with Crippen LogP contribution in [-0.2, 0) is 5.41 Å². The minimum Gasteiger partial charge on any atom is -0.255 e. The Labute approximate surface area is 107 Å². The van der Waals surface area contributed by atoms with Gasteiger partial charge < -0.3 is 0 Å². The van der Waals surface area contributed by atoms with E-state index in [0.717, 1.165) is 5.69 Å². The molecule has 1 aromatic carbocycles. The van der Waals surface area contributed by atoms with Gasteiger partial charge in [-0.1, -0.05) is 39.0 Å². The van der Waals surface area contributed by atoms with Crippen LogP contribution in [0.2, 0.25) is 0 Å². The lowest BCUT2D eigenvalue weighted by Gasteiger charge is -2.18. The maximum absolute atomic E-state index is 4.46. The smallest absolute Gasteiger partial charge is 0.0630 e. The summed E-state index contributed by atoms with van der Waals surface area (Å²) in [6.07, 6.45) is 1.91. The molecule has 17 heavy (non-hydrogen) atoms. The van der Waals surface area contributed by atoms with Gasteiger partial charge in [-0.2, -0.15) is 0 Å². The van der Waals surface area contributed by atoms with Gasteiger partial charge in [0.2, 0.25) is 0 Å². The summed E-state index contributed by atoms with van der Waals surface area (Å²) < 4.78 is 0. The van der Waals surface area contributed by atoms with Gasteiger partial charge in [0, 0.05) is 11.1 Å². The fraction of sp³-hybridized carbons (Fsp3) is 0.267. The van der Waals surface area contributed by atoms with Crippen molar-refractivity contribution in [1.29, 1.82) is 0 Å². The van der Waals surface area contributed by atoms with E-state index in [-0.39, 0.29) is 5.41 Å². The minimum absolute atomic E-state index is 0.204. The van der Waals surface area contributed by atoms with Gasteiger partial charge in [0.25, 0.3) is 0 Å². The fourth-order valence-electron chi connectivity index (χ4n) is 1.55. The van der Waals surface area contributed by atoms with E-state index in [9.17, 15) is 0 Å². The van der Waals surface area contributed by atoms with E-state index in [2.05, 4.69) is 61.5 Å². The molecule has 0 amide bonds. The third kappa shape index (κ3) is 3.27. The van der Waals surface area contributed by atoms with E-state index in [1.54, 1.807) is 11.3 Å². The molecule has 1 aromatic heterocycles. The van der Waals surface area contributed by atoms with Crippen LogP contribution < -0.4 is 0 Å². The average Bonchev–Trinajstić information content (AvgIpc) is 2.78. The quantitative estimate of drug-likeness (QED) is 0.672. The van der Waals surface area contributed by atoms with Crippen molar-refractivity contribution in [3.8, 4) is 0 Å². The topological polar surface area (TPSA) is 12.4 Å². The van der Waals surface area contributed by atoms with Crippen molar-refractivity contribution >= 4 is 23.2 Å². The normalized spacial score (nSPS) is 12.2. The molecule has 0 N–H and O–H groups in total. The molecule has 2 aromatic rings. The second-order valence-electron chi connectivity index (χ2n) is 5.07. The third-order valence-corrected chi connectivity index (χ3v) is 3.42. The largest absolute Gasteiger partial charge is 0.255 e. The highest BCUT2D eigenvalue weighted by molar-refractivity contribution is 7.11. The zero-order valence-corrected chi connectivity index (χ0v) is 11.3. The number of benzene rings is 1. The molecule has 0 radical (unpaired) electrons. The van der Waals surface area contributed by atoms with Crippen molar-refractivity contribution in [2.24, 2.45) is 4.99 Å². The Balaban J connectivity index is 2.14. The molecule has 0 aliphatic heterocycles.